The van der Waals surface area contributed by atoms with Gasteiger partial charge in [-0.3, -0.25) is 24.2 Å². The highest BCUT2D eigenvalue weighted by Gasteiger charge is 2.48. The number of imide groups is 1. The normalized spacial score (nSPS) is 30.7. The van der Waals surface area contributed by atoms with Crippen molar-refractivity contribution in [2.24, 2.45) is 5.92 Å². The van der Waals surface area contributed by atoms with E-state index in [1.165, 1.54) is 4.90 Å². The fourth-order valence-corrected chi connectivity index (χ4v) is 3.66. The summed E-state index contributed by atoms with van der Waals surface area (Å²) in [4.78, 5) is 39.3. The molecule has 0 bridgehead atoms. The van der Waals surface area contributed by atoms with Crippen molar-refractivity contribution >= 4 is 17.8 Å². The highest BCUT2D eigenvalue weighted by atomic mass is 16.4. The molecule has 0 aromatic carbocycles. The molecule has 0 aromatic rings. The maximum Gasteiger partial charge on any atom is 0.308 e. The monoisotopic (exact) mass is 296 g/mol. The minimum Gasteiger partial charge on any atom is -0.481 e. The lowest BCUT2D eigenvalue weighted by atomic mass is 10.0. The Morgan fingerprint density at radius 1 is 1.33 bits per heavy atom. The Bertz CT molecular complexity index is 447. The van der Waals surface area contributed by atoms with E-state index >= 15 is 0 Å². The molecule has 0 aromatic heterocycles. The summed E-state index contributed by atoms with van der Waals surface area (Å²) in [6, 6.07) is -0.716. The predicted octanol–water partition coefficient (Wildman–Crippen LogP) is 1.10. The molecule has 0 spiro atoms. The van der Waals surface area contributed by atoms with Gasteiger partial charge in [0.25, 0.3) is 0 Å². The minimum absolute atomic E-state index is 0.0387. The van der Waals surface area contributed by atoms with Crippen molar-refractivity contribution in [3.63, 3.8) is 0 Å². The van der Waals surface area contributed by atoms with Crippen molar-refractivity contribution in [2.75, 3.05) is 6.54 Å². The number of amides is 2. The molecule has 2 aliphatic rings. The standard InChI is InChI=1S/C15H24N2O4/c1-4-10(5-2)17-13(18)8-12(14(17)19)16-7-6-11(9(16)3)15(20)21/h9-12H,4-8H2,1-3H3,(H,20,21). The van der Waals surface area contributed by atoms with Crippen LogP contribution in [0.3, 0.4) is 0 Å². The molecule has 0 aliphatic carbocycles. The lowest BCUT2D eigenvalue weighted by Crippen LogP contribution is -2.47. The molecular weight excluding hydrogens is 272 g/mol. The second-order valence-corrected chi connectivity index (χ2v) is 6.00. The Labute approximate surface area is 125 Å². The van der Waals surface area contributed by atoms with E-state index in [4.69, 9.17) is 0 Å². The van der Waals surface area contributed by atoms with Crippen molar-refractivity contribution in [2.45, 2.75) is 64.6 Å². The fourth-order valence-electron chi connectivity index (χ4n) is 3.66. The van der Waals surface area contributed by atoms with Crippen LogP contribution in [0.25, 0.3) is 0 Å². The predicted molar refractivity (Wildman–Crippen MR) is 76.5 cm³/mol. The third kappa shape index (κ3) is 2.69. The summed E-state index contributed by atoms with van der Waals surface area (Å²) in [5, 5.41) is 9.19. The number of carboxylic acids is 1. The number of hydrogen-bond acceptors (Lipinski definition) is 4. The molecule has 6 nitrogen and oxygen atoms in total. The van der Waals surface area contributed by atoms with Crippen LogP contribution in [0.15, 0.2) is 0 Å². The number of likely N-dealkylation sites (tertiary alicyclic amines) is 2. The number of carboxylic acid groups (broad SMARTS) is 1. The minimum atomic E-state index is -0.821. The molecule has 6 heteroatoms. The maximum absolute atomic E-state index is 12.6. The average molecular weight is 296 g/mol. The highest BCUT2D eigenvalue weighted by molar-refractivity contribution is 6.06. The van der Waals surface area contributed by atoms with Gasteiger partial charge in [-0.2, -0.15) is 0 Å². The van der Waals surface area contributed by atoms with Crippen LogP contribution < -0.4 is 0 Å². The molecule has 21 heavy (non-hydrogen) atoms. The fraction of sp³-hybridized carbons (Fsp3) is 0.800. The summed E-state index contributed by atoms with van der Waals surface area (Å²) < 4.78 is 0. The van der Waals surface area contributed by atoms with Crippen LogP contribution in [0.4, 0.5) is 0 Å². The first-order valence-electron chi connectivity index (χ1n) is 7.76. The summed E-state index contributed by atoms with van der Waals surface area (Å²) in [5.41, 5.74) is 0. The summed E-state index contributed by atoms with van der Waals surface area (Å²) in [6.07, 6.45) is 2.24. The van der Waals surface area contributed by atoms with Crippen LogP contribution in [-0.4, -0.2) is 57.4 Å². The van der Waals surface area contributed by atoms with Gasteiger partial charge in [0.05, 0.1) is 18.4 Å². The average Bonchev–Trinajstić information content (AvgIpc) is 2.94. The summed E-state index contributed by atoms with van der Waals surface area (Å²) in [6.45, 7) is 6.35. The largest absolute Gasteiger partial charge is 0.481 e. The molecule has 0 radical (unpaired) electrons. The summed E-state index contributed by atoms with van der Waals surface area (Å²) in [5.74, 6) is -1.54. The van der Waals surface area contributed by atoms with Gasteiger partial charge < -0.3 is 5.11 Å². The van der Waals surface area contributed by atoms with E-state index in [9.17, 15) is 19.5 Å². The zero-order chi connectivity index (χ0) is 15.7. The number of hydrogen-bond donors (Lipinski definition) is 1. The molecule has 2 amide bonds. The number of nitrogens with zero attached hydrogens (tertiary/aromatic N) is 2. The van der Waals surface area contributed by atoms with E-state index in [-0.39, 0.29) is 30.3 Å². The quantitative estimate of drug-likeness (QED) is 0.769. The number of carbonyl (C=O) groups is 3. The van der Waals surface area contributed by atoms with Crippen LogP contribution in [0.1, 0.15) is 46.5 Å². The van der Waals surface area contributed by atoms with Gasteiger partial charge in [0.2, 0.25) is 11.8 Å². The molecule has 2 aliphatic heterocycles. The van der Waals surface area contributed by atoms with E-state index in [1.54, 1.807) is 0 Å². The SMILES string of the molecule is CCC(CC)N1C(=O)CC(N2CCC(C(=O)O)C2C)C1=O. The van der Waals surface area contributed by atoms with Crippen LogP contribution in [0, 0.1) is 5.92 Å². The first-order valence-corrected chi connectivity index (χ1v) is 7.76. The molecule has 0 saturated carbocycles. The Morgan fingerprint density at radius 2 is 1.95 bits per heavy atom. The van der Waals surface area contributed by atoms with Gasteiger partial charge in [-0.05, 0) is 26.2 Å². The number of aliphatic carboxylic acids is 1. The van der Waals surface area contributed by atoms with Crippen molar-refractivity contribution in [3.8, 4) is 0 Å². The first-order chi connectivity index (χ1) is 9.92. The molecule has 3 unspecified atom stereocenters. The van der Waals surface area contributed by atoms with Crippen molar-refractivity contribution in [3.05, 3.63) is 0 Å². The van der Waals surface area contributed by atoms with Crippen molar-refractivity contribution in [1.29, 1.82) is 0 Å². The van der Waals surface area contributed by atoms with Crippen molar-refractivity contribution in [1.82, 2.24) is 9.80 Å². The highest BCUT2D eigenvalue weighted by Crippen LogP contribution is 2.32. The van der Waals surface area contributed by atoms with E-state index in [1.807, 2.05) is 25.7 Å². The molecule has 2 rings (SSSR count). The molecule has 118 valence electrons. The van der Waals surface area contributed by atoms with Crippen LogP contribution in [0.2, 0.25) is 0 Å². The second kappa shape index (κ2) is 6.13. The Balaban J connectivity index is 2.14. The van der Waals surface area contributed by atoms with E-state index < -0.39 is 17.9 Å². The smallest absolute Gasteiger partial charge is 0.308 e. The van der Waals surface area contributed by atoms with Gasteiger partial charge >= 0.3 is 5.97 Å². The second-order valence-electron chi connectivity index (χ2n) is 6.00. The lowest BCUT2D eigenvalue weighted by Gasteiger charge is -2.29. The molecule has 2 fully saturated rings. The Hall–Kier alpha value is -1.43. The lowest BCUT2D eigenvalue weighted by molar-refractivity contribution is -0.145. The van der Waals surface area contributed by atoms with E-state index in [0.29, 0.717) is 13.0 Å². The van der Waals surface area contributed by atoms with Crippen LogP contribution in [-0.2, 0) is 14.4 Å². The summed E-state index contributed by atoms with van der Waals surface area (Å²) >= 11 is 0. The number of carbonyl (C=O) groups excluding carboxylic acids is 2. The maximum atomic E-state index is 12.6. The Kier molecular flexibility index (Phi) is 4.66. The van der Waals surface area contributed by atoms with Gasteiger partial charge in [0, 0.05) is 18.6 Å². The third-order valence-corrected chi connectivity index (χ3v) is 4.99. The summed E-state index contributed by atoms with van der Waals surface area (Å²) in [7, 11) is 0. The van der Waals surface area contributed by atoms with Gasteiger partial charge in [-0.25, -0.2) is 0 Å². The molecule has 3 atom stereocenters. The number of rotatable bonds is 5. The molecular formula is C15H24N2O4. The Morgan fingerprint density at radius 3 is 2.43 bits per heavy atom. The van der Waals surface area contributed by atoms with Crippen molar-refractivity contribution < 1.29 is 19.5 Å². The van der Waals surface area contributed by atoms with E-state index in [0.717, 1.165) is 12.8 Å². The molecule has 2 saturated heterocycles. The molecule has 2 heterocycles. The van der Waals surface area contributed by atoms with Gasteiger partial charge in [-0.1, -0.05) is 13.8 Å². The zero-order valence-electron chi connectivity index (χ0n) is 12.9. The van der Waals surface area contributed by atoms with Crippen LogP contribution in [0.5, 0.6) is 0 Å². The third-order valence-electron chi connectivity index (χ3n) is 4.99. The van der Waals surface area contributed by atoms with Gasteiger partial charge in [0.1, 0.15) is 0 Å². The van der Waals surface area contributed by atoms with Gasteiger partial charge in [0.15, 0.2) is 0 Å². The van der Waals surface area contributed by atoms with Gasteiger partial charge in [-0.15, -0.1) is 0 Å². The zero-order valence-corrected chi connectivity index (χ0v) is 12.9. The van der Waals surface area contributed by atoms with E-state index in [2.05, 4.69) is 0 Å². The topological polar surface area (TPSA) is 77.9 Å². The van der Waals surface area contributed by atoms with Crippen LogP contribution >= 0.6 is 0 Å². The first kappa shape index (κ1) is 15.9. The molecule has 1 N–H and O–H groups in total.